The molecule has 0 bridgehead atoms. The predicted molar refractivity (Wildman–Crippen MR) is 106 cm³/mol. The largest absolute Gasteiger partial charge is 0.350 e. The van der Waals surface area contributed by atoms with Gasteiger partial charge in [-0.1, -0.05) is 0 Å². The van der Waals surface area contributed by atoms with Crippen molar-refractivity contribution in [3.63, 3.8) is 0 Å². The highest BCUT2D eigenvalue weighted by molar-refractivity contribution is 14.1. The highest BCUT2D eigenvalue weighted by Crippen LogP contribution is 2.28. The fourth-order valence-corrected chi connectivity index (χ4v) is 2.73. The predicted octanol–water partition coefficient (Wildman–Crippen LogP) is 3.79. The summed E-state index contributed by atoms with van der Waals surface area (Å²) in [4.78, 5) is 28.1. The van der Waals surface area contributed by atoms with Gasteiger partial charge < -0.3 is 5.32 Å². The van der Waals surface area contributed by atoms with Gasteiger partial charge in [-0.05, 0) is 65.8 Å². The van der Waals surface area contributed by atoms with Crippen molar-refractivity contribution in [2.24, 2.45) is 0 Å². The molecule has 0 aromatic heterocycles. The zero-order valence-corrected chi connectivity index (χ0v) is 17.1. The normalized spacial score (nSPS) is 10.5. The van der Waals surface area contributed by atoms with Crippen LogP contribution in [0.25, 0.3) is 0 Å². The Morgan fingerprint density at radius 2 is 1.83 bits per heavy atom. The Bertz CT molecular complexity index is 899. The molecule has 0 aliphatic heterocycles. The summed E-state index contributed by atoms with van der Waals surface area (Å²) in [6, 6.07) is 5.90. The zero-order chi connectivity index (χ0) is 21.4. The van der Waals surface area contributed by atoms with Crippen LogP contribution >= 0.6 is 22.6 Å². The molecule has 0 saturated carbocycles. The van der Waals surface area contributed by atoms with Crippen molar-refractivity contribution in [1.82, 2.24) is 11.0 Å². The number of hydrogen-bond acceptors (Lipinski definition) is 5. The van der Waals surface area contributed by atoms with Crippen molar-refractivity contribution in [3.05, 3.63) is 56.9 Å². The van der Waals surface area contributed by atoms with Crippen LogP contribution in [0.3, 0.4) is 0 Å². The van der Waals surface area contributed by atoms with Crippen LogP contribution in [0, 0.1) is 21.0 Å². The SMILES string of the molecule is O=C(CCCCONC(=O)c1ccc(F)c(F)c1Nc1ccc(I)cc1F)NO. The summed E-state index contributed by atoms with van der Waals surface area (Å²) < 4.78 is 42.6. The molecular weight excluding hydrogens is 506 g/mol. The minimum absolute atomic E-state index is 0.0443. The van der Waals surface area contributed by atoms with Crippen LogP contribution in [0.2, 0.25) is 0 Å². The van der Waals surface area contributed by atoms with Gasteiger partial charge in [0.15, 0.2) is 11.6 Å². The monoisotopic (exact) mass is 523 g/mol. The van der Waals surface area contributed by atoms with E-state index in [1.54, 1.807) is 6.07 Å². The van der Waals surface area contributed by atoms with E-state index in [0.717, 1.165) is 12.1 Å². The van der Waals surface area contributed by atoms with Gasteiger partial charge in [-0.3, -0.25) is 19.6 Å². The van der Waals surface area contributed by atoms with Gasteiger partial charge in [0.2, 0.25) is 5.91 Å². The first kappa shape index (κ1) is 22.9. The van der Waals surface area contributed by atoms with Gasteiger partial charge in [0.05, 0.1) is 23.5 Å². The van der Waals surface area contributed by atoms with E-state index < -0.39 is 35.0 Å². The van der Waals surface area contributed by atoms with Gasteiger partial charge in [-0.25, -0.2) is 24.1 Å². The number of carbonyl (C=O) groups is 2. The van der Waals surface area contributed by atoms with Crippen molar-refractivity contribution in [1.29, 1.82) is 0 Å². The van der Waals surface area contributed by atoms with E-state index in [9.17, 15) is 22.8 Å². The molecule has 0 atom stereocenters. The van der Waals surface area contributed by atoms with Crippen LogP contribution in [0.4, 0.5) is 24.5 Å². The molecule has 2 aromatic carbocycles. The zero-order valence-electron chi connectivity index (χ0n) is 14.9. The molecule has 4 N–H and O–H groups in total. The van der Waals surface area contributed by atoms with Crippen molar-refractivity contribution in [2.75, 3.05) is 11.9 Å². The second kappa shape index (κ2) is 11.0. The Balaban J connectivity index is 2.05. The molecule has 0 aliphatic rings. The molecule has 0 spiro atoms. The Labute approximate surface area is 177 Å². The Kier molecular flexibility index (Phi) is 8.67. The number of carbonyl (C=O) groups excluding carboxylic acids is 2. The first-order valence-electron chi connectivity index (χ1n) is 8.38. The molecule has 0 fully saturated rings. The summed E-state index contributed by atoms with van der Waals surface area (Å²) in [6.45, 7) is 0.0443. The Hall–Kier alpha value is -2.38. The van der Waals surface area contributed by atoms with E-state index in [-0.39, 0.29) is 24.3 Å². The number of benzene rings is 2. The number of halogens is 4. The quantitative estimate of drug-likeness (QED) is 0.174. The maximum Gasteiger partial charge on any atom is 0.277 e. The summed E-state index contributed by atoms with van der Waals surface area (Å²) in [5, 5.41) is 10.8. The molecule has 7 nitrogen and oxygen atoms in total. The van der Waals surface area contributed by atoms with Crippen LogP contribution in [0.5, 0.6) is 0 Å². The van der Waals surface area contributed by atoms with Crippen molar-refractivity contribution in [2.45, 2.75) is 19.3 Å². The third kappa shape index (κ3) is 6.58. The Morgan fingerprint density at radius 3 is 2.52 bits per heavy atom. The molecule has 2 rings (SSSR count). The van der Waals surface area contributed by atoms with Crippen molar-refractivity contribution >= 4 is 45.8 Å². The second-order valence-corrected chi connectivity index (χ2v) is 7.05. The lowest BCUT2D eigenvalue weighted by molar-refractivity contribution is -0.129. The number of unbranched alkanes of at least 4 members (excludes halogenated alkanes) is 1. The molecule has 2 amide bonds. The number of hydroxylamine groups is 2. The molecule has 2 aromatic rings. The van der Waals surface area contributed by atoms with Gasteiger partial charge in [0, 0.05) is 9.99 Å². The standard InChI is InChI=1S/C18H17F3IN3O4/c19-12-6-5-11(18(27)25-29-8-2-1-3-15(26)24-28)17(16(12)21)23-14-7-4-10(22)9-13(14)20/h4-7,9,23,28H,1-3,8H2,(H,24,26)(H,25,27). The van der Waals surface area contributed by atoms with E-state index in [0.29, 0.717) is 16.4 Å². The van der Waals surface area contributed by atoms with Crippen LogP contribution in [0.15, 0.2) is 30.3 Å². The molecule has 0 saturated heterocycles. The van der Waals surface area contributed by atoms with E-state index in [1.807, 2.05) is 22.6 Å². The number of rotatable bonds is 9. The van der Waals surface area contributed by atoms with Gasteiger partial charge in [-0.2, -0.15) is 0 Å². The molecular formula is C18H17F3IN3O4. The van der Waals surface area contributed by atoms with Crippen molar-refractivity contribution in [3.8, 4) is 0 Å². The van der Waals surface area contributed by atoms with Gasteiger partial charge in [-0.15, -0.1) is 0 Å². The van der Waals surface area contributed by atoms with Gasteiger partial charge in [0.1, 0.15) is 5.82 Å². The summed E-state index contributed by atoms with van der Waals surface area (Å²) >= 11 is 1.90. The lowest BCUT2D eigenvalue weighted by atomic mass is 10.1. The molecule has 0 radical (unpaired) electrons. The molecule has 156 valence electrons. The first-order chi connectivity index (χ1) is 13.8. The third-order valence-electron chi connectivity index (χ3n) is 3.72. The van der Waals surface area contributed by atoms with Crippen LogP contribution < -0.4 is 16.3 Å². The van der Waals surface area contributed by atoms with Crippen molar-refractivity contribution < 1.29 is 32.8 Å². The summed E-state index contributed by atoms with van der Waals surface area (Å²) in [6.07, 6.45) is 0.864. The molecule has 0 aliphatic carbocycles. The first-order valence-corrected chi connectivity index (χ1v) is 9.46. The number of amides is 2. The highest BCUT2D eigenvalue weighted by atomic mass is 127. The van der Waals surface area contributed by atoms with Crippen LogP contribution in [-0.2, 0) is 9.63 Å². The summed E-state index contributed by atoms with van der Waals surface area (Å²) in [7, 11) is 0. The maximum atomic E-state index is 14.3. The lowest BCUT2D eigenvalue weighted by Gasteiger charge is -2.14. The smallest absolute Gasteiger partial charge is 0.277 e. The van der Waals surface area contributed by atoms with E-state index in [2.05, 4.69) is 10.8 Å². The number of nitrogens with one attached hydrogen (secondary N) is 3. The lowest BCUT2D eigenvalue weighted by Crippen LogP contribution is -2.25. The summed E-state index contributed by atoms with van der Waals surface area (Å²) in [5.74, 6) is -4.67. The molecule has 11 heteroatoms. The van der Waals surface area contributed by atoms with Gasteiger partial charge in [0.25, 0.3) is 5.91 Å². The topological polar surface area (TPSA) is 99.7 Å². The fraction of sp³-hybridized carbons (Fsp3) is 0.222. The molecule has 29 heavy (non-hydrogen) atoms. The van der Waals surface area contributed by atoms with E-state index >= 15 is 0 Å². The van der Waals surface area contributed by atoms with E-state index in [4.69, 9.17) is 10.0 Å². The minimum atomic E-state index is -1.34. The van der Waals surface area contributed by atoms with Gasteiger partial charge >= 0.3 is 0 Å². The maximum absolute atomic E-state index is 14.3. The second-order valence-electron chi connectivity index (χ2n) is 5.80. The average molecular weight is 523 g/mol. The average Bonchev–Trinajstić information content (AvgIpc) is 2.69. The van der Waals surface area contributed by atoms with E-state index in [1.165, 1.54) is 17.6 Å². The molecule has 0 heterocycles. The third-order valence-corrected chi connectivity index (χ3v) is 4.39. The number of anilines is 2. The van der Waals surface area contributed by atoms with Crippen LogP contribution in [0.1, 0.15) is 29.6 Å². The minimum Gasteiger partial charge on any atom is -0.350 e. The fourth-order valence-electron chi connectivity index (χ4n) is 2.27. The summed E-state index contributed by atoms with van der Waals surface area (Å²) in [5.41, 5.74) is 2.61. The van der Waals surface area contributed by atoms with Crippen LogP contribution in [-0.4, -0.2) is 23.6 Å². The Morgan fingerprint density at radius 1 is 1.07 bits per heavy atom. The molecule has 0 unspecified atom stereocenters. The number of hydrogen-bond donors (Lipinski definition) is 4. The highest BCUT2D eigenvalue weighted by Gasteiger charge is 2.20.